The van der Waals surface area contributed by atoms with Gasteiger partial charge in [0.15, 0.2) is 0 Å². The normalized spacial score (nSPS) is 9.62. The number of nitrogens with one attached hydrogen (secondary N) is 1. The second kappa shape index (κ2) is 3.75. The first-order valence-electron chi connectivity index (χ1n) is 3.72. The number of aromatic nitrogens is 2. The molecular formula is C8H10N2O3. The first-order valence-corrected chi connectivity index (χ1v) is 3.72. The van der Waals surface area contributed by atoms with Gasteiger partial charge in [-0.3, -0.25) is 9.78 Å². The Kier molecular flexibility index (Phi) is 2.69. The number of rotatable bonds is 3. The van der Waals surface area contributed by atoms with Crippen LogP contribution in [-0.2, 0) is 0 Å². The lowest BCUT2D eigenvalue weighted by molar-refractivity contribution is 0.121. The molecule has 1 rings (SSSR count). The van der Waals surface area contributed by atoms with E-state index in [-0.39, 0.29) is 6.61 Å². The summed E-state index contributed by atoms with van der Waals surface area (Å²) in [6.07, 6.45) is 2.84. The van der Waals surface area contributed by atoms with Crippen molar-refractivity contribution >= 4 is 0 Å². The van der Waals surface area contributed by atoms with Gasteiger partial charge in [-0.25, -0.2) is 4.79 Å². The minimum absolute atomic E-state index is 0.214. The maximum Gasteiger partial charge on any atom is 0.361 e. The number of hydrogen-bond acceptors (Lipinski definition) is 3. The molecule has 0 saturated heterocycles. The van der Waals surface area contributed by atoms with Crippen molar-refractivity contribution in [1.29, 1.82) is 0 Å². The molecule has 0 aliphatic carbocycles. The number of aryl methyl sites for hydroxylation is 1. The van der Waals surface area contributed by atoms with Gasteiger partial charge in [0.2, 0.25) is 0 Å². The van der Waals surface area contributed by atoms with E-state index in [1.807, 2.05) is 0 Å². The molecule has 1 heterocycles. The first-order chi connectivity index (χ1) is 6.15. The fraction of sp³-hybridized carbons (Fsp3) is 0.250. The monoisotopic (exact) mass is 182 g/mol. The Hall–Kier alpha value is -1.78. The summed E-state index contributed by atoms with van der Waals surface area (Å²) in [6, 6.07) is 0. The van der Waals surface area contributed by atoms with E-state index in [0.29, 0.717) is 5.56 Å². The molecule has 0 fully saturated rings. The van der Waals surface area contributed by atoms with Gasteiger partial charge in [0.25, 0.3) is 5.56 Å². The Bertz CT molecular complexity index is 416. The van der Waals surface area contributed by atoms with E-state index in [2.05, 4.69) is 11.6 Å². The van der Waals surface area contributed by atoms with Crippen molar-refractivity contribution in [2.24, 2.45) is 0 Å². The fourth-order valence-corrected chi connectivity index (χ4v) is 0.773. The average Bonchev–Trinajstić information content (AvgIpc) is 2.09. The third kappa shape index (κ3) is 2.08. The third-order valence-corrected chi connectivity index (χ3v) is 1.42. The number of aromatic amines is 1. The van der Waals surface area contributed by atoms with Crippen molar-refractivity contribution in [2.75, 3.05) is 6.61 Å². The molecule has 5 nitrogen and oxygen atoms in total. The minimum atomic E-state index is -0.586. The molecule has 5 heteroatoms. The molecule has 0 saturated carbocycles. The van der Waals surface area contributed by atoms with Gasteiger partial charge in [-0.2, -0.15) is 0 Å². The summed E-state index contributed by atoms with van der Waals surface area (Å²) >= 11 is 0. The van der Waals surface area contributed by atoms with Crippen LogP contribution in [0.4, 0.5) is 0 Å². The Labute approximate surface area is 74.2 Å². The van der Waals surface area contributed by atoms with Gasteiger partial charge >= 0.3 is 5.69 Å². The summed E-state index contributed by atoms with van der Waals surface area (Å²) in [7, 11) is 0. The molecule has 0 unspecified atom stereocenters. The molecule has 1 N–H and O–H groups in total. The maximum absolute atomic E-state index is 11.0. The SMILES string of the molecule is C=CCOn1cc(C)c(=O)[nH]c1=O. The highest BCUT2D eigenvalue weighted by Crippen LogP contribution is 1.80. The molecule has 0 radical (unpaired) electrons. The lowest BCUT2D eigenvalue weighted by Crippen LogP contribution is -2.34. The summed E-state index contributed by atoms with van der Waals surface area (Å²) in [5.74, 6) is 0. The van der Waals surface area contributed by atoms with Crippen molar-refractivity contribution in [3.63, 3.8) is 0 Å². The van der Waals surface area contributed by atoms with Gasteiger partial charge in [0.1, 0.15) is 6.61 Å². The summed E-state index contributed by atoms with van der Waals surface area (Å²) < 4.78 is 0.971. The van der Waals surface area contributed by atoms with Crippen LogP contribution in [0.3, 0.4) is 0 Å². The van der Waals surface area contributed by atoms with E-state index in [0.717, 1.165) is 4.73 Å². The first kappa shape index (κ1) is 9.31. The topological polar surface area (TPSA) is 64.1 Å². The molecule has 0 atom stereocenters. The minimum Gasteiger partial charge on any atom is -0.405 e. The highest BCUT2D eigenvalue weighted by Gasteiger charge is 1.99. The lowest BCUT2D eigenvalue weighted by atomic mass is 10.4. The number of nitrogens with zero attached hydrogens (tertiary/aromatic N) is 1. The molecule has 0 bridgehead atoms. The zero-order valence-electron chi connectivity index (χ0n) is 7.24. The summed E-state index contributed by atoms with van der Waals surface area (Å²) in [5.41, 5.74) is -0.565. The van der Waals surface area contributed by atoms with Crippen LogP contribution >= 0.6 is 0 Å². The Morgan fingerprint density at radius 1 is 1.69 bits per heavy atom. The zero-order chi connectivity index (χ0) is 9.84. The van der Waals surface area contributed by atoms with Crippen LogP contribution in [0.15, 0.2) is 28.4 Å². The number of H-pyrrole nitrogens is 1. The van der Waals surface area contributed by atoms with E-state index in [9.17, 15) is 9.59 Å². The van der Waals surface area contributed by atoms with E-state index >= 15 is 0 Å². The lowest BCUT2D eigenvalue weighted by Gasteiger charge is -2.04. The fourth-order valence-electron chi connectivity index (χ4n) is 0.773. The van der Waals surface area contributed by atoms with E-state index in [1.165, 1.54) is 12.3 Å². The molecule has 70 valence electrons. The third-order valence-electron chi connectivity index (χ3n) is 1.42. The second-order valence-corrected chi connectivity index (χ2v) is 2.48. The van der Waals surface area contributed by atoms with Crippen LogP contribution in [0.25, 0.3) is 0 Å². The molecule has 1 aromatic heterocycles. The summed E-state index contributed by atoms with van der Waals surface area (Å²) in [4.78, 5) is 29.0. The van der Waals surface area contributed by atoms with Gasteiger partial charge in [-0.15, -0.1) is 4.73 Å². The standard InChI is InChI=1S/C8H10N2O3/c1-3-4-13-10-5-6(2)7(11)9-8(10)12/h3,5H,1,4H2,2H3,(H,9,11,12). The largest absolute Gasteiger partial charge is 0.405 e. The molecule has 1 aromatic rings. The Morgan fingerprint density at radius 2 is 2.38 bits per heavy atom. The maximum atomic E-state index is 11.0. The summed E-state index contributed by atoms with van der Waals surface area (Å²) in [5, 5.41) is 0. The van der Waals surface area contributed by atoms with Crippen molar-refractivity contribution in [3.05, 3.63) is 45.3 Å². The van der Waals surface area contributed by atoms with Crippen molar-refractivity contribution in [2.45, 2.75) is 6.92 Å². The molecule has 0 amide bonds. The molecular weight excluding hydrogens is 172 g/mol. The highest BCUT2D eigenvalue weighted by molar-refractivity contribution is 4.99. The van der Waals surface area contributed by atoms with Crippen LogP contribution in [0, 0.1) is 6.92 Å². The number of hydrogen-bond donors (Lipinski definition) is 1. The van der Waals surface area contributed by atoms with E-state index < -0.39 is 11.2 Å². The van der Waals surface area contributed by atoms with Crippen LogP contribution < -0.4 is 16.1 Å². The summed E-state index contributed by atoms with van der Waals surface area (Å²) in [6.45, 7) is 5.24. The second-order valence-electron chi connectivity index (χ2n) is 2.48. The molecule has 0 aliphatic heterocycles. The smallest absolute Gasteiger partial charge is 0.361 e. The molecule has 0 aliphatic rings. The predicted octanol–water partition coefficient (Wildman–Crippen LogP) is -0.540. The Morgan fingerprint density at radius 3 is 3.00 bits per heavy atom. The quantitative estimate of drug-likeness (QED) is 0.638. The van der Waals surface area contributed by atoms with Crippen LogP contribution in [-0.4, -0.2) is 16.3 Å². The van der Waals surface area contributed by atoms with Gasteiger partial charge < -0.3 is 4.84 Å². The van der Waals surface area contributed by atoms with Gasteiger partial charge in [-0.05, 0) is 6.92 Å². The van der Waals surface area contributed by atoms with Crippen molar-refractivity contribution < 1.29 is 4.84 Å². The zero-order valence-corrected chi connectivity index (χ0v) is 7.24. The van der Waals surface area contributed by atoms with Crippen LogP contribution in [0.2, 0.25) is 0 Å². The van der Waals surface area contributed by atoms with Crippen molar-refractivity contribution in [1.82, 2.24) is 9.71 Å². The van der Waals surface area contributed by atoms with E-state index in [1.54, 1.807) is 6.92 Å². The highest BCUT2D eigenvalue weighted by atomic mass is 16.7. The van der Waals surface area contributed by atoms with Gasteiger partial charge in [0.05, 0.1) is 6.20 Å². The average molecular weight is 182 g/mol. The van der Waals surface area contributed by atoms with Crippen LogP contribution in [0.1, 0.15) is 5.56 Å². The molecule has 13 heavy (non-hydrogen) atoms. The predicted molar refractivity (Wildman–Crippen MR) is 47.7 cm³/mol. The Balaban J connectivity index is 3.08. The van der Waals surface area contributed by atoms with Gasteiger partial charge in [-0.1, -0.05) is 12.7 Å². The molecule has 0 aromatic carbocycles. The molecule has 0 spiro atoms. The van der Waals surface area contributed by atoms with Crippen LogP contribution in [0.5, 0.6) is 0 Å². The van der Waals surface area contributed by atoms with E-state index in [4.69, 9.17) is 4.84 Å². The van der Waals surface area contributed by atoms with Crippen molar-refractivity contribution in [3.8, 4) is 0 Å². The van der Waals surface area contributed by atoms with Gasteiger partial charge in [0, 0.05) is 5.56 Å².